The minimum Gasteiger partial charge on any atom is -0.481 e. The third-order valence-electron chi connectivity index (χ3n) is 11.2. The Morgan fingerprint density at radius 3 is 2.18 bits per heavy atom. The molecule has 66 heavy (non-hydrogen) atoms. The molecule has 2 heterocycles. The summed E-state index contributed by atoms with van der Waals surface area (Å²) in [5.74, 6) is -0.188. The van der Waals surface area contributed by atoms with Crippen LogP contribution in [0.5, 0.6) is 0 Å². The minimum absolute atomic E-state index is 0.00121. The molecule has 0 spiro atoms. The zero-order chi connectivity index (χ0) is 48.5. The van der Waals surface area contributed by atoms with Gasteiger partial charge in [0.2, 0.25) is 5.36 Å². The van der Waals surface area contributed by atoms with Crippen molar-refractivity contribution >= 4 is 49.0 Å². The van der Waals surface area contributed by atoms with Crippen molar-refractivity contribution in [3.8, 4) is 11.3 Å². The van der Waals surface area contributed by atoms with Crippen LogP contribution < -0.4 is 14.8 Å². The standard InChI is InChI=1S/C46H66N2O15S3/c1-45(2,3)39-33-36(63-42-32-35(15-17-38(39)42)47(20-11-31-65(53,54)55)22-23-60-26-27-62-29-28-61-25-24-59-5)12-9-13-43-46(4,19-10-30-64(51)52)40-34-37(66(56,57)58)16-18-41(40)48(43)21-8-6-7-14-44(49)50/h9,12-13,15-18,32-34H,6-8,10-11,14,19-31H2,1-5H3,(H3-,49,50,51,52,53,54,55,56,57,58)/p+1. The van der Waals surface area contributed by atoms with Gasteiger partial charge in [0, 0.05) is 60.7 Å². The number of rotatable bonds is 29. The molecule has 368 valence electrons. The Hall–Kier alpha value is -3.83. The molecule has 1 aromatic rings. The third kappa shape index (κ3) is 17.0. The lowest BCUT2D eigenvalue weighted by Gasteiger charge is -2.30. The number of allylic oxidation sites excluding steroid dienone is 3. The summed E-state index contributed by atoms with van der Waals surface area (Å²) in [6.45, 7) is 12.3. The molecule has 1 aliphatic carbocycles. The Bertz CT molecular complexity index is 2420. The average molecular weight is 984 g/mol. The van der Waals surface area contributed by atoms with Crippen molar-refractivity contribution in [3.05, 3.63) is 82.6 Å². The second-order valence-corrected chi connectivity index (χ2v) is 21.4. The lowest BCUT2D eigenvalue weighted by atomic mass is 9.77. The number of anilines is 1. The molecule has 0 saturated carbocycles. The first-order chi connectivity index (χ1) is 31.1. The van der Waals surface area contributed by atoms with Gasteiger partial charge >= 0.3 is 5.97 Å². The van der Waals surface area contributed by atoms with Crippen molar-refractivity contribution in [2.45, 2.75) is 88.4 Å². The van der Waals surface area contributed by atoms with Crippen LogP contribution in [0.4, 0.5) is 5.69 Å². The van der Waals surface area contributed by atoms with E-state index < -0.39 is 48.5 Å². The Morgan fingerprint density at radius 1 is 0.879 bits per heavy atom. The third-order valence-corrected chi connectivity index (χ3v) is 13.5. The fraction of sp³-hybridized carbons (Fsp3) is 0.565. The first-order valence-electron chi connectivity index (χ1n) is 22.1. The van der Waals surface area contributed by atoms with Gasteiger partial charge in [-0.1, -0.05) is 33.3 Å². The number of nitrogens with zero attached hydrogens (tertiary/aromatic N) is 2. The number of unbranched alkanes of at least 4 members (excludes halogenated alkanes) is 2. The highest BCUT2D eigenvalue weighted by Gasteiger charge is 2.43. The van der Waals surface area contributed by atoms with Gasteiger partial charge in [-0.05, 0) is 91.6 Å². The molecule has 0 bridgehead atoms. The van der Waals surface area contributed by atoms with E-state index in [9.17, 15) is 44.6 Å². The number of hydrogen-bond donors (Lipinski definition) is 4. The largest absolute Gasteiger partial charge is 0.481 e. The van der Waals surface area contributed by atoms with E-state index in [2.05, 4.69) is 25.7 Å². The lowest BCUT2D eigenvalue weighted by molar-refractivity contribution is -0.137. The van der Waals surface area contributed by atoms with Crippen LogP contribution in [-0.4, -0.2) is 130 Å². The number of carboxylic acids is 1. The maximum Gasteiger partial charge on any atom is 0.303 e. The van der Waals surface area contributed by atoms with Crippen molar-refractivity contribution in [2.75, 3.05) is 89.4 Å². The zero-order valence-electron chi connectivity index (χ0n) is 38.6. The second-order valence-electron chi connectivity index (χ2n) is 17.3. The summed E-state index contributed by atoms with van der Waals surface area (Å²) in [6, 6.07) is 12.2. The van der Waals surface area contributed by atoms with Gasteiger partial charge in [0.25, 0.3) is 20.2 Å². The molecule has 2 unspecified atom stereocenters. The zero-order valence-corrected chi connectivity index (χ0v) is 41.1. The molecule has 1 aromatic carbocycles. The number of fused-ring (bicyclic) bond motifs is 2. The van der Waals surface area contributed by atoms with Gasteiger partial charge in [-0.15, -0.1) is 0 Å². The van der Waals surface area contributed by atoms with E-state index in [4.69, 9.17) is 23.4 Å². The molecule has 0 amide bonds. The number of hydrogen-bond acceptors (Lipinski definition) is 12. The van der Waals surface area contributed by atoms with Gasteiger partial charge in [0.15, 0.2) is 17.6 Å². The summed E-state index contributed by atoms with van der Waals surface area (Å²) in [5.41, 5.74) is 2.82. The smallest absolute Gasteiger partial charge is 0.303 e. The van der Waals surface area contributed by atoms with E-state index in [1.165, 1.54) is 12.1 Å². The highest BCUT2D eigenvalue weighted by molar-refractivity contribution is 7.86. The van der Waals surface area contributed by atoms with Crippen molar-refractivity contribution in [3.63, 3.8) is 0 Å². The van der Waals surface area contributed by atoms with Crippen LogP contribution in [0.3, 0.4) is 0 Å². The van der Waals surface area contributed by atoms with Gasteiger partial charge in [-0.2, -0.15) is 16.8 Å². The summed E-state index contributed by atoms with van der Waals surface area (Å²) in [4.78, 5) is 13.0. The summed E-state index contributed by atoms with van der Waals surface area (Å²) in [6.07, 6.45) is 8.21. The highest BCUT2D eigenvalue weighted by atomic mass is 32.2. The Labute approximate surface area is 391 Å². The van der Waals surface area contributed by atoms with Crippen LogP contribution in [0.25, 0.3) is 17.4 Å². The number of ether oxygens (including phenoxy) is 4. The fourth-order valence-electron chi connectivity index (χ4n) is 7.96. The monoisotopic (exact) mass is 983 g/mol. The molecular formula is C46H67N2O15S3+. The van der Waals surface area contributed by atoms with Crippen LogP contribution >= 0.6 is 0 Å². The van der Waals surface area contributed by atoms with Crippen molar-refractivity contribution in [2.24, 2.45) is 0 Å². The molecule has 0 fully saturated rings. The molecule has 0 aromatic heterocycles. The van der Waals surface area contributed by atoms with Gasteiger partial charge < -0.3 is 37.9 Å². The van der Waals surface area contributed by atoms with E-state index in [1.807, 2.05) is 54.0 Å². The molecule has 2 aliphatic heterocycles. The second kappa shape index (κ2) is 25.5. The van der Waals surface area contributed by atoms with Gasteiger partial charge in [0.1, 0.15) is 24.7 Å². The maximum absolute atomic E-state index is 12.3. The molecule has 0 saturated heterocycles. The van der Waals surface area contributed by atoms with Gasteiger partial charge in [-0.3, -0.25) is 13.9 Å². The van der Waals surface area contributed by atoms with Crippen LogP contribution in [0.1, 0.15) is 89.5 Å². The highest BCUT2D eigenvalue weighted by Crippen LogP contribution is 2.51. The number of carboxylic acid groups (broad SMARTS) is 1. The molecule has 17 nitrogen and oxygen atoms in total. The average Bonchev–Trinajstić information content (AvgIpc) is 3.45. The predicted octanol–water partition coefficient (Wildman–Crippen LogP) is 6.00. The van der Waals surface area contributed by atoms with E-state index in [1.54, 1.807) is 13.2 Å². The molecule has 2 atom stereocenters. The minimum atomic E-state index is -4.56. The summed E-state index contributed by atoms with van der Waals surface area (Å²) >= 11 is -2.06. The van der Waals surface area contributed by atoms with E-state index >= 15 is 0 Å². The molecule has 0 radical (unpaired) electrons. The SMILES string of the molecule is COCCOCCOCCOCC[N+](CCCS(=O)(=O)O)=c1ccc2c(C(C)(C)C)cc(C=CC=C3N(CCCCCC(=O)O)c4ccc(S(=O)(=O)O)cc4C3(C)CCCS(=O)O)oc-2c1. The number of methoxy groups -OCH3 is 1. The fourth-order valence-corrected chi connectivity index (χ4v) is 9.35. The maximum atomic E-state index is 12.3. The van der Waals surface area contributed by atoms with Gasteiger partial charge in [-0.25, -0.2) is 8.78 Å². The first kappa shape index (κ1) is 54.8. The topological polar surface area (TPSA) is 240 Å². The number of aliphatic carboxylic acids is 1. The van der Waals surface area contributed by atoms with Crippen molar-refractivity contribution in [1.82, 2.24) is 4.58 Å². The molecular weight excluding hydrogens is 917 g/mol. The lowest BCUT2D eigenvalue weighted by Crippen LogP contribution is -2.35. The first-order valence-corrected chi connectivity index (χ1v) is 26.4. The van der Waals surface area contributed by atoms with Crippen LogP contribution in [0.2, 0.25) is 0 Å². The summed E-state index contributed by atoms with van der Waals surface area (Å²) in [5, 5.41) is 9.94. The van der Waals surface area contributed by atoms with Crippen molar-refractivity contribution < 1.29 is 68.0 Å². The van der Waals surface area contributed by atoms with E-state index in [0.29, 0.717) is 121 Å². The van der Waals surface area contributed by atoms with Gasteiger partial charge in [0.05, 0.1) is 56.4 Å². The number of benzene rings is 2. The van der Waals surface area contributed by atoms with E-state index in [0.717, 1.165) is 22.2 Å². The Morgan fingerprint density at radius 2 is 1.56 bits per heavy atom. The Kier molecular flexibility index (Phi) is 21.2. The van der Waals surface area contributed by atoms with E-state index in [-0.39, 0.29) is 28.9 Å². The molecule has 3 aliphatic rings. The van der Waals surface area contributed by atoms with Crippen molar-refractivity contribution in [1.29, 1.82) is 0 Å². The molecule has 4 rings (SSSR count). The Balaban J connectivity index is 1.73. The summed E-state index contributed by atoms with van der Waals surface area (Å²) in [7, 11) is -7.13. The quantitative estimate of drug-likeness (QED) is 0.0270. The normalized spacial score (nSPS) is 17.3. The summed E-state index contributed by atoms with van der Waals surface area (Å²) < 4.78 is 119. The molecule has 20 heteroatoms. The van der Waals surface area contributed by atoms with Crippen LogP contribution in [0.15, 0.2) is 69.6 Å². The van der Waals surface area contributed by atoms with Crippen LogP contribution in [0, 0.1) is 0 Å². The molecule has 4 N–H and O–H groups in total. The predicted molar refractivity (Wildman–Crippen MR) is 253 cm³/mol. The number of carbonyl (C=O) groups is 1. The van der Waals surface area contributed by atoms with Crippen LogP contribution in [-0.2, 0) is 65.9 Å².